The Bertz CT molecular complexity index is 43.0. The molecule has 0 saturated heterocycles. The fraction of sp³-hybridized carbons (Fsp3) is 1.00. The topological polar surface area (TPSA) is 0 Å². The second kappa shape index (κ2) is 12.2. The molecule has 0 amide bonds. The number of hydrogen-bond acceptors (Lipinski definition) is 0. The molecule has 0 N–H and O–H groups in total. The summed E-state index contributed by atoms with van der Waals surface area (Å²) in [5.74, 6) is 0. The molecule has 2 saturated carbocycles. The van der Waals surface area contributed by atoms with Crippen molar-refractivity contribution in [3.05, 3.63) is 0 Å². The van der Waals surface area contributed by atoms with Gasteiger partial charge in [-0.3, -0.25) is 0 Å². The van der Waals surface area contributed by atoms with Crippen molar-refractivity contribution in [1.82, 2.24) is 0 Å². The first kappa shape index (κ1) is 13.2. The number of hydrogen-bond donors (Lipinski definition) is 0. The molecule has 2 aliphatic carbocycles. The molecule has 72 valence electrons. The summed E-state index contributed by atoms with van der Waals surface area (Å²) in [4.78, 5) is 0. The summed E-state index contributed by atoms with van der Waals surface area (Å²) >= 11 is 0.822. The molecule has 2 fully saturated rings. The van der Waals surface area contributed by atoms with E-state index in [-0.39, 0.29) is 0 Å². The normalized spacial score (nSPS) is 20.4. The van der Waals surface area contributed by atoms with Crippen molar-refractivity contribution < 1.29 is 23.5 Å². The fourth-order valence-electron chi connectivity index (χ4n) is 1.77. The van der Waals surface area contributed by atoms with Gasteiger partial charge in [0.2, 0.25) is 0 Å². The second-order valence-electron chi connectivity index (χ2n) is 3.54. The molecule has 2 rings (SSSR count). The molecule has 2 aliphatic rings. The summed E-state index contributed by atoms with van der Waals surface area (Å²) in [6.45, 7) is 0. The predicted octanol–water partition coefficient (Wildman–Crippen LogP) is 4.32. The molecule has 0 nitrogen and oxygen atoms in total. The van der Waals surface area contributed by atoms with Gasteiger partial charge in [0.05, 0.1) is 0 Å². The van der Waals surface area contributed by atoms with E-state index in [1.54, 1.807) is 0 Å². The quantitative estimate of drug-likeness (QED) is 0.613. The third-order valence-electron chi connectivity index (χ3n) is 2.50. The zero-order chi connectivity index (χ0) is 9.07. The standard InChI is InChI=1S/2C5H10.ClH.Zr.H/c2*1-2-4-5-3-1;;;/h2*1-5H2;1H;;/q;;;+1;/p-1. The van der Waals surface area contributed by atoms with E-state index in [0.29, 0.717) is 0 Å². The van der Waals surface area contributed by atoms with Crippen LogP contribution < -0.4 is 0 Å². The SMILES string of the molecule is C1CCCC1.C1CCCC1.[Cl][ZrH]. The van der Waals surface area contributed by atoms with Crippen LogP contribution in [0.25, 0.3) is 0 Å². The van der Waals surface area contributed by atoms with Gasteiger partial charge in [-0.25, -0.2) is 0 Å². The van der Waals surface area contributed by atoms with E-state index in [2.05, 4.69) is 0 Å². The van der Waals surface area contributed by atoms with E-state index < -0.39 is 0 Å². The summed E-state index contributed by atoms with van der Waals surface area (Å²) in [6.07, 6.45) is 15.0. The zero-order valence-corrected chi connectivity index (χ0v) is 11.6. The number of rotatable bonds is 0. The monoisotopic (exact) mass is 266 g/mol. The summed E-state index contributed by atoms with van der Waals surface area (Å²) in [6, 6.07) is 0. The molecular weight excluding hydrogens is 247 g/mol. The first-order valence-electron chi connectivity index (χ1n) is 5.22. The van der Waals surface area contributed by atoms with Crippen molar-refractivity contribution in [3.8, 4) is 0 Å². The van der Waals surface area contributed by atoms with E-state index in [4.69, 9.17) is 8.51 Å². The molecule has 0 unspecified atom stereocenters. The van der Waals surface area contributed by atoms with Crippen molar-refractivity contribution in [3.63, 3.8) is 0 Å². The maximum atomic E-state index is 4.77. The van der Waals surface area contributed by atoms with Crippen molar-refractivity contribution in [1.29, 1.82) is 0 Å². The first-order chi connectivity index (χ1) is 6.00. The number of halogens is 1. The van der Waals surface area contributed by atoms with Crippen LogP contribution in [0.15, 0.2) is 0 Å². The Morgan fingerprint density at radius 2 is 0.500 bits per heavy atom. The minimum absolute atomic E-state index is 0.822. The molecular formula is C10H21ClZr. The van der Waals surface area contributed by atoms with Crippen molar-refractivity contribution in [2.24, 2.45) is 0 Å². The molecule has 0 radical (unpaired) electrons. The van der Waals surface area contributed by atoms with Gasteiger partial charge in [0, 0.05) is 0 Å². The third kappa shape index (κ3) is 9.26. The first-order valence-corrected chi connectivity index (χ1v) is 8.87. The summed E-state index contributed by atoms with van der Waals surface area (Å²) in [7, 11) is 4.77. The average molecular weight is 268 g/mol. The van der Waals surface area contributed by atoms with Crippen molar-refractivity contribution in [2.45, 2.75) is 64.2 Å². The Morgan fingerprint density at radius 3 is 0.583 bits per heavy atom. The summed E-state index contributed by atoms with van der Waals surface area (Å²) in [5.41, 5.74) is 0. The molecule has 0 aromatic carbocycles. The minimum atomic E-state index is 0.822. The molecule has 0 spiro atoms. The summed E-state index contributed by atoms with van der Waals surface area (Å²) < 4.78 is 0. The van der Waals surface area contributed by atoms with Crippen LogP contribution in [0.3, 0.4) is 0 Å². The molecule has 0 aliphatic heterocycles. The second-order valence-corrected chi connectivity index (χ2v) is 3.54. The zero-order valence-electron chi connectivity index (χ0n) is 8.03. The van der Waals surface area contributed by atoms with Gasteiger partial charge in [-0.1, -0.05) is 64.2 Å². The molecule has 0 aromatic heterocycles. The average Bonchev–Trinajstić information content (AvgIpc) is 2.87. The van der Waals surface area contributed by atoms with Crippen LogP contribution in [0.2, 0.25) is 0 Å². The van der Waals surface area contributed by atoms with E-state index in [9.17, 15) is 0 Å². The van der Waals surface area contributed by atoms with Crippen LogP contribution in [-0.4, -0.2) is 0 Å². The molecule has 2 heteroatoms. The van der Waals surface area contributed by atoms with Crippen LogP contribution in [0, 0.1) is 0 Å². The molecule has 0 aromatic rings. The maximum absolute atomic E-state index is 4.77. The Labute approximate surface area is 95.8 Å². The van der Waals surface area contributed by atoms with Gasteiger partial charge >= 0.3 is 32.0 Å². The molecule has 12 heavy (non-hydrogen) atoms. The van der Waals surface area contributed by atoms with Gasteiger partial charge < -0.3 is 0 Å². The fourth-order valence-corrected chi connectivity index (χ4v) is 1.77. The molecule has 0 heterocycles. The molecule has 0 bridgehead atoms. The van der Waals surface area contributed by atoms with E-state index in [1.165, 1.54) is 64.2 Å². The Hall–Kier alpha value is 1.17. The van der Waals surface area contributed by atoms with Crippen molar-refractivity contribution in [2.75, 3.05) is 0 Å². The van der Waals surface area contributed by atoms with Gasteiger partial charge in [-0.2, -0.15) is 0 Å². The Kier molecular flexibility index (Phi) is 13.4. The van der Waals surface area contributed by atoms with Gasteiger partial charge in [0.15, 0.2) is 0 Å². The van der Waals surface area contributed by atoms with Gasteiger partial charge in [0.1, 0.15) is 0 Å². The van der Waals surface area contributed by atoms with Crippen molar-refractivity contribution >= 4 is 8.51 Å². The van der Waals surface area contributed by atoms with Crippen LogP contribution in [-0.2, 0) is 23.5 Å². The summed E-state index contributed by atoms with van der Waals surface area (Å²) in [5, 5.41) is 0. The van der Waals surface area contributed by atoms with Crippen LogP contribution in [0.5, 0.6) is 0 Å². The van der Waals surface area contributed by atoms with E-state index >= 15 is 0 Å². The van der Waals surface area contributed by atoms with Crippen LogP contribution in [0.1, 0.15) is 64.2 Å². The van der Waals surface area contributed by atoms with E-state index in [0.717, 1.165) is 23.5 Å². The Balaban J connectivity index is 0.000000168. The molecule has 0 atom stereocenters. The van der Waals surface area contributed by atoms with Gasteiger partial charge in [0.25, 0.3) is 0 Å². The Morgan fingerprint density at radius 1 is 0.417 bits per heavy atom. The van der Waals surface area contributed by atoms with E-state index in [1.807, 2.05) is 0 Å². The van der Waals surface area contributed by atoms with Gasteiger partial charge in [-0.15, -0.1) is 0 Å². The van der Waals surface area contributed by atoms with Crippen LogP contribution in [0.4, 0.5) is 0 Å². The third-order valence-corrected chi connectivity index (χ3v) is 2.50. The predicted molar refractivity (Wildman–Crippen MR) is 53.4 cm³/mol. The van der Waals surface area contributed by atoms with Gasteiger partial charge in [-0.05, 0) is 0 Å². The van der Waals surface area contributed by atoms with Crippen LogP contribution >= 0.6 is 8.51 Å².